The lowest BCUT2D eigenvalue weighted by Gasteiger charge is -2.24. The normalized spacial score (nSPS) is 17.8. The summed E-state index contributed by atoms with van der Waals surface area (Å²) < 4.78 is 0. The van der Waals surface area contributed by atoms with Gasteiger partial charge in [-0.05, 0) is 47.9 Å². The van der Waals surface area contributed by atoms with Crippen molar-refractivity contribution >= 4 is 22.2 Å². The maximum Gasteiger partial charge on any atom is 0.0746 e. The van der Waals surface area contributed by atoms with Crippen LogP contribution in [0.5, 0.6) is 0 Å². The number of fused-ring (bicyclic) bond motifs is 2. The molecule has 2 nitrogen and oxygen atoms in total. The third-order valence-electron chi connectivity index (χ3n) is 4.31. The minimum atomic E-state index is 0.499. The molecule has 0 bridgehead atoms. The number of pyridine rings is 1. The molecule has 0 amide bonds. The molecule has 106 valence electrons. The number of thiophene rings is 1. The lowest BCUT2D eigenvalue weighted by atomic mass is 9.94. The van der Waals surface area contributed by atoms with Crippen LogP contribution in [0.3, 0.4) is 0 Å². The highest BCUT2D eigenvalue weighted by Gasteiger charge is 2.20. The fraction of sp³-hybridized carbons (Fsp3) is 0.278. The molecule has 3 heteroatoms. The smallest absolute Gasteiger partial charge is 0.0746 e. The van der Waals surface area contributed by atoms with Gasteiger partial charge in [0.25, 0.3) is 0 Å². The first-order chi connectivity index (χ1) is 10.4. The third kappa shape index (κ3) is 2.47. The Kier molecular flexibility index (Phi) is 3.45. The summed E-state index contributed by atoms with van der Waals surface area (Å²) >= 11 is 1.90. The third-order valence-corrected chi connectivity index (χ3v) is 5.30. The van der Waals surface area contributed by atoms with Crippen LogP contribution in [-0.4, -0.2) is 4.98 Å². The number of hydrogen-bond donors (Lipinski definition) is 1. The van der Waals surface area contributed by atoms with Gasteiger partial charge in [0.2, 0.25) is 0 Å². The zero-order valence-corrected chi connectivity index (χ0v) is 12.7. The molecule has 0 aliphatic heterocycles. The number of para-hydroxylation sites is 1. The molecule has 0 saturated carbocycles. The van der Waals surface area contributed by atoms with Crippen molar-refractivity contribution in [2.24, 2.45) is 0 Å². The van der Waals surface area contributed by atoms with E-state index in [9.17, 15) is 0 Å². The quantitative estimate of drug-likeness (QED) is 0.771. The Morgan fingerprint density at radius 1 is 1.19 bits per heavy atom. The van der Waals surface area contributed by atoms with Crippen LogP contribution in [0.25, 0.3) is 10.9 Å². The van der Waals surface area contributed by atoms with Crippen LogP contribution < -0.4 is 5.32 Å². The molecule has 2 heterocycles. The van der Waals surface area contributed by atoms with Crippen molar-refractivity contribution in [3.63, 3.8) is 0 Å². The summed E-state index contributed by atoms with van der Waals surface area (Å²) in [4.78, 5) is 6.11. The van der Waals surface area contributed by atoms with Gasteiger partial charge in [-0.1, -0.05) is 24.3 Å². The molecule has 1 aliphatic carbocycles. The van der Waals surface area contributed by atoms with E-state index in [1.165, 1.54) is 35.8 Å². The highest BCUT2D eigenvalue weighted by Crippen LogP contribution is 2.33. The van der Waals surface area contributed by atoms with Crippen molar-refractivity contribution < 1.29 is 0 Å². The summed E-state index contributed by atoms with van der Waals surface area (Å²) in [5.74, 6) is 0. The SMILES string of the molecule is c1cnc2c(CNC3CCCc4sccc43)cccc2c1. The van der Waals surface area contributed by atoms with Crippen molar-refractivity contribution in [1.29, 1.82) is 0 Å². The molecule has 21 heavy (non-hydrogen) atoms. The summed E-state index contributed by atoms with van der Waals surface area (Å²) in [5, 5.41) is 7.18. The number of hydrogen-bond acceptors (Lipinski definition) is 3. The van der Waals surface area contributed by atoms with E-state index in [-0.39, 0.29) is 0 Å². The number of benzene rings is 1. The average Bonchev–Trinajstić information content (AvgIpc) is 3.02. The van der Waals surface area contributed by atoms with Crippen molar-refractivity contribution in [2.75, 3.05) is 0 Å². The van der Waals surface area contributed by atoms with Gasteiger partial charge in [-0.25, -0.2) is 0 Å². The van der Waals surface area contributed by atoms with Gasteiger partial charge in [-0.15, -0.1) is 11.3 Å². The first-order valence-corrected chi connectivity index (χ1v) is 8.42. The van der Waals surface area contributed by atoms with E-state index >= 15 is 0 Å². The molecule has 3 aromatic rings. The molecule has 0 saturated heterocycles. The van der Waals surface area contributed by atoms with Crippen molar-refractivity contribution in [3.05, 3.63) is 64.0 Å². The van der Waals surface area contributed by atoms with Crippen LogP contribution in [0, 0.1) is 0 Å². The maximum atomic E-state index is 4.54. The fourth-order valence-corrected chi connectivity index (χ4v) is 4.23. The first kappa shape index (κ1) is 13.0. The maximum absolute atomic E-state index is 4.54. The fourth-order valence-electron chi connectivity index (χ4n) is 3.24. The lowest BCUT2D eigenvalue weighted by Crippen LogP contribution is -2.24. The minimum absolute atomic E-state index is 0.499. The molecule has 4 rings (SSSR count). The van der Waals surface area contributed by atoms with Crippen LogP contribution in [0.4, 0.5) is 0 Å². The van der Waals surface area contributed by atoms with E-state index in [4.69, 9.17) is 0 Å². The van der Waals surface area contributed by atoms with E-state index in [2.05, 4.69) is 46.0 Å². The monoisotopic (exact) mass is 294 g/mol. The largest absolute Gasteiger partial charge is 0.306 e. The second-order valence-corrected chi connectivity index (χ2v) is 6.62. The molecule has 0 fully saturated rings. The topological polar surface area (TPSA) is 24.9 Å². The summed E-state index contributed by atoms with van der Waals surface area (Å²) in [6.07, 6.45) is 5.66. The highest BCUT2D eigenvalue weighted by atomic mass is 32.1. The van der Waals surface area contributed by atoms with Crippen molar-refractivity contribution in [2.45, 2.75) is 31.8 Å². The molecular formula is C18H18N2S. The molecule has 1 unspecified atom stereocenters. The molecule has 1 N–H and O–H groups in total. The Balaban J connectivity index is 1.57. The van der Waals surface area contributed by atoms with Gasteiger partial charge in [-0.2, -0.15) is 0 Å². The molecule has 1 aromatic carbocycles. The van der Waals surface area contributed by atoms with Gasteiger partial charge >= 0.3 is 0 Å². The Bertz CT molecular complexity index is 757. The predicted octanol–water partition coefficient (Wildman–Crippen LogP) is 4.46. The van der Waals surface area contributed by atoms with E-state index in [0.717, 1.165) is 12.1 Å². The molecular weight excluding hydrogens is 276 g/mol. The van der Waals surface area contributed by atoms with E-state index < -0.39 is 0 Å². The molecule has 1 atom stereocenters. The Morgan fingerprint density at radius 2 is 2.14 bits per heavy atom. The summed E-state index contributed by atoms with van der Waals surface area (Å²) in [6, 6.07) is 13.3. The van der Waals surface area contributed by atoms with Gasteiger partial charge in [0.1, 0.15) is 0 Å². The number of rotatable bonds is 3. The second-order valence-electron chi connectivity index (χ2n) is 5.62. The Morgan fingerprint density at radius 3 is 3.14 bits per heavy atom. The van der Waals surface area contributed by atoms with E-state index in [1.54, 1.807) is 4.88 Å². The van der Waals surface area contributed by atoms with E-state index in [0.29, 0.717) is 6.04 Å². The standard InChI is InChI=1S/C18H18N2S/c1-4-13-6-3-10-19-18(13)14(5-1)12-20-16-7-2-8-17-15(16)9-11-21-17/h1,3-6,9-11,16,20H,2,7-8,12H2. The lowest BCUT2D eigenvalue weighted by molar-refractivity contribution is 0.464. The molecule has 0 spiro atoms. The summed E-state index contributed by atoms with van der Waals surface area (Å²) in [6.45, 7) is 0.883. The molecule has 1 aliphatic rings. The Labute approximate surface area is 128 Å². The predicted molar refractivity (Wildman–Crippen MR) is 88.6 cm³/mol. The van der Waals surface area contributed by atoms with Crippen LogP contribution >= 0.6 is 11.3 Å². The summed E-state index contributed by atoms with van der Waals surface area (Å²) in [5.41, 5.74) is 3.92. The average molecular weight is 294 g/mol. The number of aromatic nitrogens is 1. The van der Waals surface area contributed by atoms with Crippen LogP contribution in [0.1, 0.15) is 34.9 Å². The summed E-state index contributed by atoms with van der Waals surface area (Å²) in [7, 11) is 0. The van der Waals surface area contributed by atoms with Gasteiger partial charge < -0.3 is 5.32 Å². The molecule has 2 aromatic heterocycles. The zero-order valence-electron chi connectivity index (χ0n) is 11.9. The number of nitrogens with one attached hydrogen (secondary N) is 1. The minimum Gasteiger partial charge on any atom is -0.306 e. The zero-order chi connectivity index (χ0) is 14.1. The van der Waals surface area contributed by atoms with Gasteiger partial charge in [-0.3, -0.25) is 4.98 Å². The molecule has 0 radical (unpaired) electrons. The van der Waals surface area contributed by atoms with Crippen LogP contribution in [0.15, 0.2) is 48.0 Å². The van der Waals surface area contributed by atoms with Crippen LogP contribution in [-0.2, 0) is 13.0 Å². The highest BCUT2D eigenvalue weighted by molar-refractivity contribution is 7.10. The number of aryl methyl sites for hydroxylation is 1. The van der Waals surface area contributed by atoms with Gasteiger partial charge in [0.15, 0.2) is 0 Å². The number of nitrogens with zero attached hydrogens (tertiary/aromatic N) is 1. The van der Waals surface area contributed by atoms with E-state index in [1.807, 2.05) is 23.6 Å². The van der Waals surface area contributed by atoms with Gasteiger partial charge in [0.05, 0.1) is 5.52 Å². The first-order valence-electron chi connectivity index (χ1n) is 7.54. The van der Waals surface area contributed by atoms with Crippen LogP contribution in [0.2, 0.25) is 0 Å². The van der Waals surface area contributed by atoms with Crippen molar-refractivity contribution in [3.8, 4) is 0 Å². The Hall–Kier alpha value is -1.71. The van der Waals surface area contributed by atoms with Gasteiger partial charge in [0, 0.05) is 29.0 Å². The van der Waals surface area contributed by atoms with Crippen molar-refractivity contribution in [1.82, 2.24) is 10.3 Å². The second kappa shape index (κ2) is 5.58.